The summed E-state index contributed by atoms with van der Waals surface area (Å²) in [4.78, 5) is 10.5. The molecular formula is C58H53N3O. The summed E-state index contributed by atoms with van der Waals surface area (Å²) >= 11 is 0. The predicted molar refractivity (Wildman–Crippen MR) is 260 cm³/mol. The van der Waals surface area contributed by atoms with E-state index in [0.29, 0.717) is 11.4 Å². The number of aromatic nitrogens is 3. The number of fused-ring (bicyclic) bond motifs is 1. The van der Waals surface area contributed by atoms with Gasteiger partial charge in [-0.05, 0) is 118 Å². The van der Waals surface area contributed by atoms with Gasteiger partial charge in [-0.15, -0.1) is 0 Å². The largest absolute Gasteiger partial charge is 0.507 e. The molecule has 4 nitrogen and oxygen atoms in total. The number of phenolic OH excluding ortho intramolecular Hbond substituents is 1. The highest BCUT2D eigenvalue weighted by atomic mass is 16.3. The van der Waals surface area contributed by atoms with Gasteiger partial charge in [-0.2, -0.15) is 0 Å². The number of aryl methyl sites for hydroxylation is 2. The Bertz CT molecular complexity index is 3230. The van der Waals surface area contributed by atoms with Crippen molar-refractivity contribution in [1.29, 1.82) is 0 Å². The molecule has 0 saturated carbocycles. The Kier molecular flexibility index (Phi) is 9.36. The quantitative estimate of drug-likeness (QED) is 0.174. The zero-order valence-electron chi connectivity index (χ0n) is 39.5. The fraction of sp³-hybridized carbons (Fsp3) is 0.172. The normalized spacial score (nSPS) is 12.9. The van der Waals surface area contributed by atoms with Crippen LogP contribution in [0.3, 0.4) is 0 Å². The first-order valence-corrected chi connectivity index (χ1v) is 21.3. The van der Waals surface area contributed by atoms with E-state index < -0.39 is 12.3 Å². The highest BCUT2D eigenvalue weighted by Gasteiger charge is 2.29. The Morgan fingerprint density at radius 2 is 1.19 bits per heavy atom. The maximum atomic E-state index is 12.5. The first-order chi connectivity index (χ1) is 30.9. The number of hydrogen-bond acceptors (Lipinski definition) is 3. The molecule has 62 heavy (non-hydrogen) atoms. The number of aromatic hydroxyl groups is 1. The van der Waals surface area contributed by atoms with Crippen LogP contribution in [0.25, 0.3) is 83.9 Å². The molecule has 9 rings (SSSR count). The van der Waals surface area contributed by atoms with Gasteiger partial charge in [-0.25, -0.2) is 4.98 Å². The van der Waals surface area contributed by atoms with Crippen molar-refractivity contribution in [3.63, 3.8) is 0 Å². The standard InChI is InChI=1S/C58H53N3O/c1-37-17-15-22-41(29-37)42-27-28-59-51(34-42)45-32-43(39-18-11-9-12-19-39)31-44(33-45)47-23-16-24-53-54(47)60-56(49-35-46(57(3,4)5)36-50(55(49)62)58(6,7)8)61(53)52-26-25-38(2)30-48(52)40-20-13-10-14-21-40/h9-36,62H,1-8H3/i2D3. The highest BCUT2D eigenvalue weighted by molar-refractivity contribution is 5.98. The molecular weight excluding hydrogens is 755 g/mol. The van der Waals surface area contributed by atoms with Crippen LogP contribution < -0.4 is 0 Å². The zero-order chi connectivity index (χ0) is 45.8. The van der Waals surface area contributed by atoms with E-state index in [9.17, 15) is 5.11 Å². The number of imidazole rings is 1. The van der Waals surface area contributed by atoms with Gasteiger partial charge in [-0.3, -0.25) is 9.55 Å². The Morgan fingerprint density at radius 3 is 1.90 bits per heavy atom. The van der Waals surface area contributed by atoms with Crippen molar-refractivity contribution in [2.75, 3.05) is 0 Å². The van der Waals surface area contributed by atoms with Gasteiger partial charge < -0.3 is 5.11 Å². The number of hydrogen-bond donors (Lipinski definition) is 1. The van der Waals surface area contributed by atoms with Gasteiger partial charge in [0.25, 0.3) is 0 Å². The second-order valence-electron chi connectivity index (χ2n) is 18.4. The first-order valence-electron chi connectivity index (χ1n) is 22.8. The van der Waals surface area contributed by atoms with Gasteiger partial charge in [-0.1, -0.05) is 162 Å². The molecule has 0 fully saturated rings. The maximum Gasteiger partial charge on any atom is 0.149 e. The molecule has 0 bridgehead atoms. The summed E-state index contributed by atoms with van der Waals surface area (Å²) in [5, 5.41) is 12.5. The van der Waals surface area contributed by atoms with Crippen molar-refractivity contribution in [3.05, 3.63) is 192 Å². The van der Waals surface area contributed by atoms with Crippen molar-refractivity contribution in [2.45, 2.75) is 66.1 Å². The summed E-state index contributed by atoms with van der Waals surface area (Å²) in [5.74, 6) is 0.712. The third-order valence-electron chi connectivity index (χ3n) is 11.8. The number of benzene rings is 7. The van der Waals surface area contributed by atoms with Crippen LogP contribution in [-0.4, -0.2) is 19.6 Å². The van der Waals surface area contributed by atoms with Crippen molar-refractivity contribution in [3.8, 4) is 78.6 Å². The summed E-state index contributed by atoms with van der Waals surface area (Å²) in [6.07, 6.45) is 1.88. The highest BCUT2D eigenvalue weighted by Crippen LogP contribution is 2.46. The fourth-order valence-corrected chi connectivity index (χ4v) is 8.47. The third-order valence-corrected chi connectivity index (χ3v) is 11.8. The van der Waals surface area contributed by atoms with Crippen LogP contribution in [-0.2, 0) is 10.8 Å². The molecule has 0 aliphatic carbocycles. The lowest BCUT2D eigenvalue weighted by Crippen LogP contribution is -2.17. The van der Waals surface area contributed by atoms with E-state index in [1.165, 1.54) is 5.56 Å². The van der Waals surface area contributed by atoms with E-state index in [-0.39, 0.29) is 16.7 Å². The van der Waals surface area contributed by atoms with Gasteiger partial charge in [0.05, 0.1) is 28.0 Å². The minimum absolute atomic E-state index is 0.164. The van der Waals surface area contributed by atoms with E-state index in [4.69, 9.17) is 14.1 Å². The number of para-hydroxylation sites is 1. The topological polar surface area (TPSA) is 50.9 Å². The van der Waals surface area contributed by atoms with Crippen LogP contribution in [0.4, 0.5) is 0 Å². The average Bonchev–Trinajstić information content (AvgIpc) is 3.68. The monoisotopic (exact) mass is 810 g/mol. The molecule has 2 heterocycles. The summed E-state index contributed by atoms with van der Waals surface area (Å²) in [5.41, 5.74) is 15.1. The van der Waals surface area contributed by atoms with Gasteiger partial charge in [0.2, 0.25) is 0 Å². The molecule has 0 aliphatic heterocycles. The lowest BCUT2D eigenvalue weighted by molar-refractivity contribution is 0.446. The fourth-order valence-electron chi connectivity index (χ4n) is 8.47. The van der Waals surface area contributed by atoms with Gasteiger partial charge >= 0.3 is 0 Å². The molecule has 0 radical (unpaired) electrons. The van der Waals surface area contributed by atoms with Crippen LogP contribution >= 0.6 is 0 Å². The number of pyridine rings is 1. The minimum Gasteiger partial charge on any atom is -0.507 e. The molecule has 0 atom stereocenters. The minimum atomic E-state index is -2.33. The molecule has 2 aromatic heterocycles. The molecule has 1 N–H and O–H groups in total. The van der Waals surface area contributed by atoms with Gasteiger partial charge in [0.15, 0.2) is 0 Å². The molecule has 0 amide bonds. The molecule has 4 heteroatoms. The number of rotatable bonds is 7. The van der Waals surface area contributed by atoms with Crippen LogP contribution in [0, 0.1) is 13.8 Å². The maximum absolute atomic E-state index is 12.5. The molecule has 306 valence electrons. The van der Waals surface area contributed by atoms with Crippen molar-refractivity contribution < 1.29 is 9.22 Å². The predicted octanol–water partition coefficient (Wildman–Crippen LogP) is 15.3. The Hall–Kier alpha value is -7.04. The second-order valence-corrected chi connectivity index (χ2v) is 18.4. The van der Waals surface area contributed by atoms with Crippen molar-refractivity contribution in [1.82, 2.24) is 14.5 Å². The summed E-state index contributed by atoms with van der Waals surface area (Å²) in [7, 11) is 0. The van der Waals surface area contributed by atoms with Gasteiger partial charge in [0, 0.05) is 32.6 Å². The summed E-state index contributed by atoms with van der Waals surface area (Å²) < 4.78 is 27.3. The summed E-state index contributed by atoms with van der Waals surface area (Å²) in [6.45, 7) is 12.7. The van der Waals surface area contributed by atoms with E-state index in [1.54, 1.807) is 12.1 Å². The molecule has 0 spiro atoms. The smallest absolute Gasteiger partial charge is 0.149 e. The molecule has 0 saturated heterocycles. The lowest BCUT2D eigenvalue weighted by Gasteiger charge is -2.27. The van der Waals surface area contributed by atoms with E-state index in [2.05, 4.69) is 162 Å². The molecule has 9 aromatic rings. The van der Waals surface area contributed by atoms with Crippen LogP contribution in [0.2, 0.25) is 0 Å². The third kappa shape index (κ3) is 7.74. The summed E-state index contributed by atoms with van der Waals surface area (Å²) in [6, 6.07) is 55.4. The van der Waals surface area contributed by atoms with Crippen LogP contribution in [0.1, 0.15) is 67.9 Å². The Labute approximate surface area is 370 Å². The van der Waals surface area contributed by atoms with E-state index in [1.807, 2.05) is 48.7 Å². The lowest BCUT2D eigenvalue weighted by atomic mass is 9.79. The van der Waals surface area contributed by atoms with Crippen LogP contribution in [0.15, 0.2) is 170 Å². The van der Waals surface area contributed by atoms with Crippen molar-refractivity contribution >= 4 is 11.0 Å². The van der Waals surface area contributed by atoms with Crippen molar-refractivity contribution in [2.24, 2.45) is 0 Å². The van der Waals surface area contributed by atoms with Crippen LogP contribution in [0.5, 0.6) is 5.75 Å². The number of nitrogens with zero attached hydrogens (tertiary/aromatic N) is 3. The second kappa shape index (κ2) is 15.8. The van der Waals surface area contributed by atoms with Gasteiger partial charge in [0.1, 0.15) is 11.6 Å². The van der Waals surface area contributed by atoms with E-state index >= 15 is 0 Å². The average molecular weight is 811 g/mol. The first kappa shape index (κ1) is 36.8. The Morgan fingerprint density at radius 1 is 0.516 bits per heavy atom. The number of phenols is 1. The Balaban J connectivity index is 1.36. The van der Waals surface area contributed by atoms with E-state index in [0.717, 1.165) is 83.6 Å². The SMILES string of the molecule is [2H]C([2H])([2H])c1ccc(-n2c(-c3cc(C(C)(C)C)cc(C(C)(C)C)c3O)nc3c(-c4cc(-c5ccccc5)cc(-c5cc(-c6cccc(C)c6)ccn5)c4)cccc32)c(-c2ccccc2)c1. The molecule has 0 aliphatic rings. The zero-order valence-corrected chi connectivity index (χ0v) is 36.5. The molecule has 7 aromatic carbocycles. The molecule has 0 unspecified atom stereocenters.